The first-order chi connectivity index (χ1) is 13.4. The van der Waals surface area contributed by atoms with Gasteiger partial charge in [-0.1, -0.05) is 12.1 Å². The normalized spacial score (nSPS) is 15.8. The van der Waals surface area contributed by atoms with E-state index in [-0.39, 0.29) is 17.4 Å². The van der Waals surface area contributed by atoms with Gasteiger partial charge >= 0.3 is 6.18 Å². The standard InChI is InChI=1S/C20H18F4N4/c21-13-5-7-14(8-6-13)25-15-9-11-28(12-10-15)18-16-3-1-2-4-17(16)26-19(27-18)20(22,23)24/h1-8,15,25H,9-12H2. The van der Waals surface area contributed by atoms with E-state index in [0.29, 0.717) is 24.3 Å². The fraction of sp³-hybridized carbons (Fsp3) is 0.300. The molecular formula is C20H18F4N4. The summed E-state index contributed by atoms with van der Waals surface area (Å²) in [4.78, 5) is 9.39. The molecule has 28 heavy (non-hydrogen) atoms. The largest absolute Gasteiger partial charge is 0.451 e. The SMILES string of the molecule is Fc1ccc(NC2CCN(c3nc(C(F)(F)F)nc4ccccc34)CC2)cc1. The maximum Gasteiger partial charge on any atom is 0.451 e. The molecule has 4 rings (SSSR count). The molecule has 0 unspecified atom stereocenters. The lowest BCUT2D eigenvalue weighted by Gasteiger charge is -2.34. The van der Waals surface area contributed by atoms with E-state index in [0.717, 1.165) is 18.5 Å². The number of alkyl halides is 3. The van der Waals surface area contributed by atoms with Crippen LogP contribution < -0.4 is 10.2 Å². The van der Waals surface area contributed by atoms with E-state index in [1.165, 1.54) is 12.1 Å². The van der Waals surface area contributed by atoms with Crippen molar-refractivity contribution >= 4 is 22.4 Å². The molecule has 1 aliphatic rings. The van der Waals surface area contributed by atoms with Crippen molar-refractivity contribution in [1.29, 1.82) is 0 Å². The molecule has 4 nitrogen and oxygen atoms in total. The molecule has 3 aromatic rings. The number of fused-ring (bicyclic) bond motifs is 1. The fourth-order valence-electron chi connectivity index (χ4n) is 3.45. The number of nitrogens with one attached hydrogen (secondary N) is 1. The van der Waals surface area contributed by atoms with Gasteiger partial charge < -0.3 is 10.2 Å². The van der Waals surface area contributed by atoms with Gasteiger partial charge in [0.25, 0.3) is 0 Å². The maximum absolute atomic E-state index is 13.2. The van der Waals surface area contributed by atoms with Crippen LogP contribution in [0.1, 0.15) is 18.7 Å². The third-order valence-corrected chi connectivity index (χ3v) is 4.85. The van der Waals surface area contributed by atoms with Crippen LogP contribution in [-0.2, 0) is 6.18 Å². The molecule has 0 amide bonds. The molecule has 0 radical (unpaired) electrons. The number of hydrogen-bond acceptors (Lipinski definition) is 4. The fourth-order valence-corrected chi connectivity index (χ4v) is 3.45. The number of nitrogens with zero attached hydrogens (tertiary/aromatic N) is 3. The van der Waals surface area contributed by atoms with Crippen LogP contribution in [0.25, 0.3) is 10.9 Å². The van der Waals surface area contributed by atoms with E-state index in [9.17, 15) is 17.6 Å². The van der Waals surface area contributed by atoms with Crippen LogP contribution in [0.15, 0.2) is 48.5 Å². The van der Waals surface area contributed by atoms with E-state index in [1.807, 2.05) is 4.90 Å². The highest BCUT2D eigenvalue weighted by Crippen LogP contribution is 2.33. The molecule has 1 aromatic heterocycles. The molecule has 8 heteroatoms. The lowest BCUT2D eigenvalue weighted by Crippen LogP contribution is -2.40. The number of aromatic nitrogens is 2. The van der Waals surface area contributed by atoms with Crippen molar-refractivity contribution in [2.24, 2.45) is 0 Å². The monoisotopic (exact) mass is 390 g/mol. The van der Waals surface area contributed by atoms with Gasteiger partial charge in [-0.15, -0.1) is 0 Å². The quantitative estimate of drug-likeness (QED) is 0.648. The summed E-state index contributed by atoms with van der Waals surface area (Å²) < 4.78 is 52.7. The van der Waals surface area contributed by atoms with Crippen LogP contribution >= 0.6 is 0 Å². The Hall–Kier alpha value is -2.90. The second-order valence-corrected chi connectivity index (χ2v) is 6.80. The molecule has 1 aliphatic heterocycles. The lowest BCUT2D eigenvalue weighted by atomic mass is 10.0. The Morgan fingerprint density at radius 2 is 1.61 bits per heavy atom. The van der Waals surface area contributed by atoms with E-state index >= 15 is 0 Å². The van der Waals surface area contributed by atoms with Crippen molar-refractivity contribution in [3.05, 3.63) is 60.2 Å². The first kappa shape index (κ1) is 18.5. The number of benzene rings is 2. The first-order valence-corrected chi connectivity index (χ1v) is 9.01. The van der Waals surface area contributed by atoms with Gasteiger partial charge in [0.2, 0.25) is 5.82 Å². The van der Waals surface area contributed by atoms with Gasteiger partial charge in [-0.25, -0.2) is 14.4 Å². The highest BCUT2D eigenvalue weighted by Gasteiger charge is 2.36. The van der Waals surface area contributed by atoms with Gasteiger partial charge in [0.1, 0.15) is 11.6 Å². The van der Waals surface area contributed by atoms with E-state index in [2.05, 4.69) is 15.3 Å². The molecule has 0 bridgehead atoms. The molecule has 0 spiro atoms. The molecule has 2 heterocycles. The molecule has 0 saturated carbocycles. The van der Waals surface area contributed by atoms with Gasteiger partial charge in [-0.05, 0) is 49.2 Å². The number of para-hydroxylation sites is 1. The minimum absolute atomic E-state index is 0.164. The van der Waals surface area contributed by atoms with Crippen LogP contribution in [-0.4, -0.2) is 29.1 Å². The predicted octanol–water partition coefficient (Wildman–Crippen LogP) is 4.87. The second-order valence-electron chi connectivity index (χ2n) is 6.80. The summed E-state index contributed by atoms with van der Waals surface area (Å²) in [6.07, 6.45) is -3.13. The second kappa shape index (κ2) is 7.26. The summed E-state index contributed by atoms with van der Waals surface area (Å²) in [7, 11) is 0. The maximum atomic E-state index is 13.2. The Labute approximate surface area is 159 Å². The summed E-state index contributed by atoms with van der Waals surface area (Å²) in [5.41, 5.74) is 1.11. The summed E-state index contributed by atoms with van der Waals surface area (Å²) in [5.74, 6) is -1.10. The van der Waals surface area contributed by atoms with Crippen LogP contribution in [0.2, 0.25) is 0 Å². The average molecular weight is 390 g/mol. The van der Waals surface area contributed by atoms with Crippen molar-refractivity contribution < 1.29 is 17.6 Å². The molecule has 1 N–H and O–H groups in total. The molecule has 0 aliphatic carbocycles. The van der Waals surface area contributed by atoms with Crippen molar-refractivity contribution in [2.75, 3.05) is 23.3 Å². The number of rotatable bonds is 3. The summed E-state index contributed by atoms with van der Waals surface area (Å²) in [6.45, 7) is 1.13. The summed E-state index contributed by atoms with van der Waals surface area (Å²) >= 11 is 0. The Balaban J connectivity index is 1.54. The van der Waals surface area contributed by atoms with Gasteiger partial charge in [0.05, 0.1) is 5.52 Å². The Morgan fingerprint density at radius 3 is 2.29 bits per heavy atom. The van der Waals surface area contributed by atoms with Gasteiger partial charge in [0, 0.05) is 30.2 Å². The number of piperidine rings is 1. The van der Waals surface area contributed by atoms with Crippen LogP contribution in [0.5, 0.6) is 0 Å². The lowest BCUT2D eigenvalue weighted by molar-refractivity contribution is -0.144. The predicted molar refractivity (Wildman–Crippen MR) is 99.8 cm³/mol. The molecule has 2 aromatic carbocycles. The Kier molecular flexibility index (Phi) is 4.78. The van der Waals surface area contributed by atoms with Crippen LogP contribution in [0.3, 0.4) is 0 Å². The Morgan fingerprint density at radius 1 is 0.929 bits per heavy atom. The minimum Gasteiger partial charge on any atom is -0.382 e. The van der Waals surface area contributed by atoms with E-state index < -0.39 is 12.0 Å². The molecular weight excluding hydrogens is 372 g/mol. The zero-order chi connectivity index (χ0) is 19.7. The van der Waals surface area contributed by atoms with Gasteiger partial charge in [-0.2, -0.15) is 13.2 Å². The van der Waals surface area contributed by atoms with Crippen molar-refractivity contribution in [3.63, 3.8) is 0 Å². The highest BCUT2D eigenvalue weighted by atomic mass is 19.4. The summed E-state index contributed by atoms with van der Waals surface area (Å²) in [5, 5.41) is 3.96. The highest BCUT2D eigenvalue weighted by molar-refractivity contribution is 5.89. The van der Waals surface area contributed by atoms with Crippen LogP contribution in [0.4, 0.5) is 29.1 Å². The molecule has 0 atom stereocenters. The topological polar surface area (TPSA) is 41.0 Å². The Bertz CT molecular complexity index is 964. The van der Waals surface area contributed by atoms with E-state index in [4.69, 9.17) is 0 Å². The van der Waals surface area contributed by atoms with Crippen molar-refractivity contribution in [2.45, 2.75) is 25.1 Å². The van der Waals surface area contributed by atoms with Gasteiger partial charge in [-0.3, -0.25) is 0 Å². The first-order valence-electron chi connectivity index (χ1n) is 9.01. The number of anilines is 2. The minimum atomic E-state index is -4.60. The third kappa shape index (κ3) is 3.85. The zero-order valence-corrected chi connectivity index (χ0v) is 14.9. The molecule has 146 valence electrons. The van der Waals surface area contributed by atoms with Crippen molar-refractivity contribution in [3.8, 4) is 0 Å². The van der Waals surface area contributed by atoms with Crippen LogP contribution in [0, 0.1) is 5.82 Å². The molecule has 1 fully saturated rings. The smallest absolute Gasteiger partial charge is 0.382 e. The van der Waals surface area contributed by atoms with E-state index in [1.54, 1.807) is 36.4 Å². The summed E-state index contributed by atoms with van der Waals surface area (Å²) in [6, 6.07) is 13.0. The van der Waals surface area contributed by atoms with Gasteiger partial charge in [0.15, 0.2) is 0 Å². The number of halogens is 4. The zero-order valence-electron chi connectivity index (χ0n) is 14.9. The third-order valence-electron chi connectivity index (χ3n) is 4.85. The molecule has 1 saturated heterocycles. The average Bonchev–Trinajstić information content (AvgIpc) is 2.69. The van der Waals surface area contributed by atoms with Crippen molar-refractivity contribution in [1.82, 2.24) is 9.97 Å². The number of hydrogen-bond donors (Lipinski definition) is 1.